The van der Waals surface area contributed by atoms with Gasteiger partial charge in [-0.05, 0) is 18.1 Å². The number of phenols is 1. The van der Waals surface area contributed by atoms with Crippen LogP contribution in [0.2, 0.25) is 0 Å². The Morgan fingerprint density at radius 1 is 1.56 bits per heavy atom. The first-order valence-electron chi connectivity index (χ1n) is 4.96. The van der Waals surface area contributed by atoms with E-state index < -0.39 is 5.82 Å². The maximum atomic E-state index is 13.5. The van der Waals surface area contributed by atoms with Crippen LogP contribution in [-0.4, -0.2) is 23.4 Å². The highest BCUT2D eigenvalue weighted by Crippen LogP contribution is 2.30. The Labute approximate surface area is 97.4 Å². The van der Waals surface area contributed by atoms with Gasteiger partial charge in [0.2, 0.25) is 5.91 Å². The fraction of sp³-hybridized carbons (Fsp3) is 0.364. The van der Waals surface area contributed by atoms with Gasteiger partial charge in [0, 0.05) is 24.9 Å². The molecule has 0 aromatic heterocycles. The smallest absolute Gasteiger partial charge is 0.227 e. The lowest BCUT2D eigenvalue weighted by Gasteiger charge is -2.17. The molecule has 0 saturated carbocycles. The number of halogens is 2. The zero-order chi connectivity index (χ0) is 11.7. The van der Waals surface area contributed by atoms with Gasteiger partial charge in [-0.15, -0.1) is 11.6 Å². The number of aromatic hydroxyl groups is 1. The number of nitrogens with zero attached hydrogens (tertiary/aromatic N) is 1. The fourth-order valence-corrected chi connectivity index (χ4v) is 2.03. The first kappa shape index (κ1) is 11.2. The van der Waals surface area contributed by atoms with Crippen molar-refractivity contribution in [3.63, 3.8) is 0 Å². The van der Waals surface area contributed by atoms with Crippen molar-refractivity contribution in [2.24, 2.45) is 5.92 Å². The van der Waals surface area contributed by atoms with Crippen LogP contribution in [0.1, 0.15) is 6.42 Å². The van der Waals surface area contributed by atoms with E-state index in [1.165, 1.54) is 17.0 Å². The Balaban J connectivity index is 2.30. The van der Waals surface area contributed by atoms with Gasteiger partial charge in [-0.2, -0.15) is 0 Å². The van der Waals surface area contributed by atoms with Gasteiger partial charge in [-0.25, -0.2) is 4.39 Å². The number of benzene rings is 1. The second-order valence-corrected chi connectivity index (χ2v) is 4.17. The van der Waals surface area contributed by atoms with E-state index in [1.54, 1.807) is 0 Å². The van der Waals surface area contributed by atoms with Crippen LogP contribution < -0.4 is 4.90 Å². The summed E-state index contributed by atoms with van der Waals surface area (Å²) in [5.74, 6) is -0.297. The zero-order valence-corrected chi connectivity index (χ0v) is 9.25. The predicted octanol–water partition coefficient (Wildman–Crippen LogP) is 2.12. The van der Waals surface area contributed by atoms with Crippen LogP contribution in [0, 0.1) is 11.7 Å². The van der Waals surface area contributed by atoms with Gasteiger partial charge in [0.05, 0.1) is 5.69 Å². The molecule has 0 aliphatic carbocycles. The number of phenolic OH excluding ortho intramolecular Hbond substituents is 1. The largest absolute Gasteiger partial charge is 0.508 e. The van der Waals surface area contributed by atoms with Crippen LogP contribution in [0.15, 0.2) is 18.2 Å². The second kappa shape index (κ2) is 4.29. The van der Waals surface area contributed by atoms with Crippen molar-refractivity contribution in [2.45, 2.75) is 6.42 Å². The van der Waals surface area contributed by atoms with E-state index in [-0.39, 0.29) is 23.3 Å². The van der Waals surface area contributed by atoms with Crippen LogP contribution in [0.5, 0.6) is 5.75 Å². The van der Waals surface area contributed by atoms with Crippen molar-refractivity contribution in [3.05, 3.63) is 24.0 Å². The lowest BCUT2D eigenvalue weighted by molar-refractivity contribution is -0.117. The van der Waals surface area contributed by atoms with Crippen molar-refractivity contribution in [1.29, 1.82) is 0 Å². The van der Waals surface area contributed by atoms with Gasteiger partial charge < -0.3 is 10.0 Å². The third-order valence-electron chi connectivity index (χ3n) is 2.64. The Bertz CT molecular complexity index is 424. The minimum absolute atomic E-state index is 0.0518. The number of hydrogen-bond acceptors (Lipinski definition) is 2. The highest BCUT2D eigenvalue weighted by Gasteiger charge is 2.31. The number of hydrogen-bond donors (Lipinski definition) is 1. The fourth-order valence-electron chi connectivity index (χ4n) is 1.83. The summed E-state index contributed by atoms with van der Waals surface area (Å²) in [6.45, 7) is 0.405. The molecule has 0 bridgehead atoms. The summed E-state index contributed by atoms with van der Waals surface area (Å²) in [6, 6.07) is 3.65. The third-order valence-corrected chi connectivity index (χ3v) is 3.08. The number of carbonyl (C=O) groups is 1. The molecular weight excluding hydrogens is 233 g/mol. The van der Waals surface area contributed by atoms with Crippen LogP contribution in [0.3, 0.4) is 0 Å². The molecule has 1 amide bonds. The average molecular weight is 244 g/mol. The summed E-state index contributed by atoms with van der Waals surface area (Å²) >= 11 is 5.67. The predicted molar refractivity (Wildman–Crippen MR) is 59.2 cm³/mol. The zero-order valence-electron chi connectivity index (χ0n) is 8.49. The Morgan fingerprint density at radius 2 is 2.31 bits per heavy atom. The highest BCUT2D eigenvalue weighted by molar-refractivity contribution is 6.18. The molecule has 16 heavy (non-hydrogen) atoms. The van der Waals surface area contributed by atoms with Crippen molar-refractivity contribution in [1.82, 2.24) is 0 Å². The third kappa shape index (κ3) is 1.97. The van der Waals surface area contributed by atoms with Crippen LogP contribution >= 0.6 is 11.6 Å². The number of alkyl halides is 1. The van der Waals surface area contributed by atoms with Crippen LogP contribution in [0.4, 0.5) is 10.1 Å². The molecule has 1 aliphatic heterocycles. The van der Waals surface area contributed by atoms with E-state index in [1.807, 2.05) is 0 Å². The van der Waals surface area contributed by atoms with Gasteiger partial charge in [0.1, 0.15) is 11.6 Å². The van der Waals surface area contributed by atoms with Gasteiger partial charge in [0.25, 0.3) is 0 Å². The van der Waals surface area contributed by atoms with Crippen molar-refractivity contribution < 1.29 is 14.3 Å². The molecule has 1 fully saturated rings. The quantitative estimate of drug-likeness (QED) is 0.809. The molecule has 3 nitrogen and oxygen atoms in total. The Kier molecular flexibility index (Phi) is 3.01. The number of anilines is 1. The molecule has 1 atom stereocenters. The summed E-state index contributed by atoms with van der Waals surface area (Å²) in [4.78, 5) is 13.0. The molecule has 0 spiro atoms. The lowest BCUT2D eigenvalue weighted by atomic mass is 10.1. The van der Waals surface area contributed by atoms with E-state index in [9.17, 15) is 14.3 Å². The highest BCUT2D eigenvalue weighted by atomic mass is 35.5. The molecule has 5 heteroatoms. The topological polar surface area (TPSA) is 40.5 Å². The van der Waals surface area contributed by atoms with E-state index in [0.717, 1.165) is 6.07 Å². The molecule has 86 valence electrons. The lowest BCUT2D eigenvalue weighted by Crippen LogP contribution is -2.25. The normalized spacial score (nSPS) is 20.5. The van der Waals surface area contributed by atoms with Gasteiger partial charge in [-0.3, -0.25) is 4.79 Å². The SMILES string of the molecule is O=C1CC(CCl)CN1c1cc(O)ccc1F. The number of amides is 1. The van der Waals surface area contributed by atoms with Crippen molar-refractivity contribution in [3.8, 4) is 5.75 Å². The maximum absolute atomic E-state index is 13.5. The molecule has 0 radical (unpaired) electrons. The molecule has 1 saturated heterocycles. The summed E-state index contributed by atoms with van der Waals surface area (Å²) in [7, 11) is 0. The van der Waals surface area contributed by atoms with Crippen molar-refractivity contribution in [2.75, 3.05) is 17.3 Å². The molecule has 1 aromatic carbocycles. The molecule has 1 unspecified atom stereocenters. The monoisotopic (exact) mass is 243 g/mol. The van der Waals surface area contributed by atoms with E-state index >= 15 is 0 Å². The maximum Gasteiger partial charge on any atom is 0.227 e. The summed E-state index contributed by atoms with van der Waals surface area (Å²) in [5, 5.41) is 9.28. The average Bonchev–Trinajstić information content (AvgIpc) is 2.63. The van der Waals surface area contributed by atoms with Crippen LogP contribution in [-0.2, 0) is 4.79 Å². The van der Waals surface area contributed by atoms with E-state index in [2.05, 4.69) is 0 Å². The van der Waals surface area contributed by atoms with E-state index in [4.69, 9.17) is 11.6 Å². The van der Waals surface area contributed by atoms with Gasteiger partial charge in [-0.1, -0.05) is 0 Å². The summed E-state index contributed by atoms with van der Waals surface area (Å²) in [5.41, 5.74) is 0.123. The Morgan fingerprint density at radius 3 is 2.94 bits per heavy atom. The Hall–Kier alpha value is -1.29. The minimum Gasteiger partial charge on any atom is -0.508 e. The first-order chi connectivity index (χ1) is 7.61. The van der Waals surface area contributed by atoms with Gasteiger partial charge in [0.15, 0.2) is 0 Å². The summed E-state index contributed by atoms with van der Waals surface area (Å²) < 4.78 is 13.5. The molecule has 1 aromatic rings. The second-order valence-electron chi connectivity index (χ2n) is 3.86. The molecule has 2 rings (SSSR count). The van der Waals surface area contributed by atoms with Crippen LogP contribution in [0.25, 0.3) is 0 Å². The van der Waals surface area contributed by atoms with Gasteiger partial charge >= 0.3 is 0 Å². The standard InChI is InChI=1S/C11H11ClFNO2/c12-5-7-3-11(16)14(6-7)10-4-8(15)1-2-9(10)13/h1-2,4,7,15H,3,5-6H2. The number of rotatable bonds is 2. The van der Waals surface area contributed by atoms with Crippen molar-refractivity contribution >= 4 is 23.2 Å². The molecular formula is C11H11ClFNO2. The molecule has 1 N–H and O–H groups in total. The molecule has 1 aliphatic rings. The molecule has 1 heterocycles. The minimum atomic E-state index is -0.513. The number of carbonyl (C=O) groups excluding carboxylic acids is 1. The first-order valence-corrected chi connectivity index (χ1v) is 5.50. The van der Waals surface area contributed by atoms with E-state index in [0.29, 0.717) is 18.8 Å². The summed E-state index contributed by atoms with van der Waals surface area (Å²) in [6.07, 6.45) is 0.332.